The topological polar surface area (TPSA) is 66.9 Å². The van der Waals surface area contributed by atoms with Gasteiger partial charge in [-0.15, -0.1) is 0 Å². The standard InChI is InChI=1S/C14H17BrN4O/c1-8(2)18-14(20)9(3)19-13-11-6-10(15)4-5-12(11)16-7-17-13/h4-9H,1-3H3,(H,18,20)(H,16,17,19)/t9-/m0/s1. The highest BCUT2D eigenvalue weighted by molar-refractivity contribution is 9.10. The molecule has 1 aromatic heterocycles. The predicted molar refractivity (Wildman–Crippen MR) is 83.6 cm³/mol. The van der Waals surface area contributed by atoms with Crippen molar-refractivity contribution >= 4 is 38.6 Å². The van der Waals surface area contributed by atoms with E-state index in [1.807, 2.05) is 39.0 Å². The third kappa shape index (κ3) is 3.45. The summed E-state index contributed by atoms with van der Waals surface area (Å²) in [5.74, 6) is 0.601. The summed E-state index contributed by atoms with van der Waals surface area (Å²) < 4.78 is 0.946. The van der Waals surface area contributed by atoms with Crippen molar-refractivity contribution in [2.24, 2.45) is 0 Å². The van der Waals surface area contributed by atoms with Crippen LogP contribution >= 0.6 is 15.9 Å². The molecule has 1 aromatic carbocycles. The molecular weight excluding hydrogens is 320 g/mol. The highest BCUT2D eigenvalue weighted by Crippen LogP contribution is 2.23. The number of aromatic nitrogens is 2. The van der Waals surface area contributed by atoms with E-state index < -0.39 is 0 Å². The van der Waals surface area contributed by atoms with Gasteiger partial charge in [0.2, 0.25) is 5.91 Å². The van der Waals surface area contributed by atoms with Crippen LogP contribution in [0.5, 0.6) is 0 Å². The van der Waals surface area contributed by atoms with Gasteiger partial charge in [0.15, 0.2) is 0 Å². The third-order valence-electron chi connectivity index (χ3n) is 2.77. The molecule has 2 rings (SSSR count). The quantitative estimate of drug-likeness (QED) is 0.900. The molecule has 0 radical (unpaired) electrons. The number of nitrogens with zero attached hydrogens (tertiary/aromatic N) is 2. The summed E-state index contributed by atoms with van der Waals surface area (Å²) in [7, 11) is 0. The summed E-state index contributed by atoms with van der Waals surface area (Å²) in [5.41, 5.74) is 0.835. The molecule has 5 nitrogen and oxygen atoms in total. The van der Waals surface area contributed by atoms with Gasteiger partial charge in [-0.2, -0.15) is 0 Å². The molecule has 0 saturated carbocycles. The maximum absolute atomic E-state index is 11.9. The molecule has 0 fully saturated rings. The minimum Gasteiger partial charge on any atom is -0.358 e. The first-order valence-corrected chi connectivity index (χ1v) is 7.24. The zero-order valence-electron chi connectivity index (χ0n) is 11.6. The van der Waals surface area contributed by atoms with Gasteiger partial charge >= 0.3 is 0 Å². The zero-order valence-corrected chi connectivity index (χ0v) is 13.2. The van der Waals surface area contributed by atoms with Gasteiger partial charge in [-0.05, 0) is 39.0 Å². The fourth-order valence-electron chi connectivity index (χ4n) is 1.82. The van der Waals surface area contributed by atoms with E-state index in [-0.39, 0.29) is 18.0 Å². The molecule has 1 amide bonds. The number of halogens is 1. The summed E-state index contributed by atoms with van der Waals surface area (Å²) >= 11 is 3.43. The summed E-state index contributed by atoms with van der Waals surface area (Å²) in [6.45, 7) is 5.67. The van der Waals surface area contributed by atoms with Crippen molar-refractivity contribution in [1.29, 1.82) is 0 Å². The van der Waals surface area contributed by atoms with Crippen LogP contribution in [0, 0.1) is 0 Å². The van der Waals surface area contributed by atoms with Crippen molar-refractivity contribution < 1.29 is 4.79 Å². The Morgan fingerprint density at radius 2 is 2.00 bits per heavy atom. The molecule has 106 valence electrons. The number of anilines is 1. The Kier molecular flexibility index (Phi) is 4.54. The van der Waals surface area contributed by atoms with Gasteiger partial charge in [-0.3, -0.25) is 4.79 Å². The Morgan fingerprint density at radius 3 is 2.70 bits per heavy atom. The first-order valence-electron chi connectivity index (χ1n) is 6.44. The molecule has 6 heteroatoms. The first-order chi connectivity index (χ1) is 9.47. The number of benzene rings is 1. The maximum Gasteiger partial charge on any atom is 0.242 e. The molecule has 1 atom stereocenters. The van der Waals surface area contributed by atoms with E-state index in [1.165, 1.54) is 6.33 Å². The number of carbonyl (C=O) groups is 1. The Labute approximate surface area is 126 Å². The van der Waals surface area contributed by atoms with Crippen LogP contribution in [0.3, 0.4) is 0 Å². The van der Waals surface area contributed by atoms with Gasteiger partial charge < -0.3 is 10.6 Å². The fourth-order valence-corrected chi connectivity index (χ4v) is 2.19. The lowest BCUT2D eigenvalue weighted by molar-refractivity contribution is -0.122. The highest BCUT2D eigenvalue weighted by Gasteiger charge is 2.15. The van der Waals surface area contributed by atoms with Crippen LogP contribution in [-0.2, 0) is 4.79 Å². The lowest BCUT2D eigenvalue weighted by Crippen LogP contribution is -2.41. The van der Waals surface area contributed by atoms with E-state index in [9.17, 15) is 4.79 Å². The fraction of sp³-hybridized carbons (Fsp3) is 0.357. The Hall–Kier alpha value is -1.69. The number of carbonyl (C=O) groups excluding carboxylic acids is 1. The number of nitrogens with one attached hydrogen (secondary N) is 2. The molecule has 0 aliphatic heterocycles. The van der Waals surface area contributed by atoms with E-state index in [0.29, 0.717) is 5.82 Å². The molecular formula is C14H17BrN4O. The van der Waals surface area contributed by atoms with Crippen molar-refractivity contribution in [3.8, 4) is 0 Å². The van der Waals surface area contributed by atoms with E-state index in [4.69, 9.17) is 0 Å². The van der Waals surface area contributed by atoms with E-state index >= 15 is 0 Å². The summed E-state index contributed by atoms with van der Waals surface area (Å²) in [5, 5.41) is 6.88. The van der Waals surface area contributed by atoms with Gasteiger partial charge in [-0.25, -0.2) is 9.97 Å². The molecule has 0 unspecified atom stereocenters. The smallest absolute Gasteiger partial charge is 0.242 e. The van der Waals surface area contributed by atoms with E-state index in [0.717, 1.165) is 15.4 Å². The van der Waals surface area contributed by atoms with Gasteiger partial charge in [0.05, 0.1) is 5.52 Å². The van der Waals surface area contributed by atoms with Crippen molar-refractivity contribution in [2.75, 3.05) is 5.32 Å². The Bertz CT molecular complexity index is 630. The predicted octanol–water partition coefficient (Wildman–Crippen LogP) is 2.72. The van der Waals surface area contributed by atoms with Crippen molar-refractivity contribution in [2.45, 2.75) is 32.9 Å². The molecule has 0 spiro atoms. The van der Waals surface area contributed by atoms with Crippen LogP contribution < -0.4 is 10.6 Å². The first kappa shape index (κ1) is 14.7. The number of rotatable bonds is 4. The Balaban J connectivity index is 2.25. The van der Waals surface area contributed by atoms with Crippen LogP contribution in [-0.4, -0.2) is 28.0 Å². The normalized spacial score (nSPS) is 12.4. The lowest BCUT2D eigenvalue weighted by Gasteiger charge is -2.17. The molecule has 0 aliphatic carbocycles. The highest BCUT2D eigenvalue weighted by atomic mass is 79.9. The monoisotopic (exact) mass is 336 g/mol. The minimum atomic E-state index is -0.366. The van der Waals surface area contributed by atoms with Crippen molar-refractivity contribution in [1.82, 2.24) is 15.3 Å². The van der Waals surface area contributed by atoms with E-state index in [2.05, 4.69) is 36.5 Å². The van der Waals surface area contributed by atoms with Gasteiger partial charge in [0.25, 0.3) is 0 Å². The van der Waals surface area contributed by atoms with Crippen LogP contribution in [0.2, 0.25) is 0 Å². The van der Waals surface area contributed by atoms with Gasteiger partial charge in [0, 0.05) is 15.9 Å². The van der Waals surface area contributed by atoms with Gasteiger partial charge in [-0.1, -0.05) is 15.9 Å². The second-order valence-electron chi connectivity index (χ2n) is 4.91. The van der Waals surface area contributed by atoms with Crippen molar-refractivity contribution in [3.05, 3.63) is 29.0 Å². The molecule has 20 heavy (non-hydrogen) atoms. The second kappa shape index (κ2) is 6.17. The van der Waals surface area contributed by atoms with Gasteiger partial charge in [0.1, 0.15) is 18.2 Å². The largest absolute Gasteiger partial charge is 0.358 e. The lowest BCUT2D eigenvalue weighted by atomic mass is 10.2. The van der Waals surface area contributed by atoms with Crippen LogP contribution in [0.15, 0.2) is 29.0 Å². The van der Waals surface area contributed by atoms with Crippen LogP contribution in [0.4, 0.5) is 5.82 Å². The molecule has 0 saturated heterocycles. The second-order valence-corrected chi connectivity index (χ2v) is 5.83. The average Bonchev–Trinajstić information content (AvgIpc) is 2.38. The number of hydrogen-bond acceptors (Lipinski definition) is 4. The summed E-state index contributed by atoms with van der Waals surface area (Å²) in [4.78, 5) is 20.4. The van der Waals surface area contributed by atoms with Crippen molar-refractivity contribution in [3.63, 3.8) is 0 Å². The SMILES string of the molecule is CC(C)NC(=O)[C@H](C)Nc1ncnc2ccc(Br)cc12. The number of amides is 1. The molecule has 2 N–H and O–H groups in total. The Morgan fingerprint density at radius 1 is 1.25 bits per heavy atom. The van der Waals surface area contributed by atoms with Crippen LogP contribution in [0.25, 0.3) is 10.9 Å². The third-order valence-corrected chi connectivity index (χ3v) is 3.27. The minimum absolute atomic E-state index is 0.0539. The summed E-state index contributed by atoms with van der Waals surface area (Å²) in [6, 6.07) is 5.52. The van der Waals surface area contributed by atoms with Crippen LogP contribution in [0.1, 0.15) is 20.8 Å². The van der Waals surface area contributed by atoms with E-state index in [1.54, 1.807) is 0 Å². The number of hydrogen-bond donors (Lipinski definition) is 2. The maximum atomic E-state index is 11.9. The number of fused-ring (bicyclic) bond motifs is 1. The molecule has 1 heterocycles. The molecule has 0 aliphatic rings. The zero-order chi connectivity index (χ0) is 14.7. The molecule has 0 bridgehead atoms. The summed E-state index contributed by atoms with van der Waals surface area (Å²) in [6.07, 6.45) is 1.49. The molecule has 2 aromatic rings. The average molecular weight is 337 g/mol.